The van der Waals surface area contributed by atoms with Crippen molar-refractivity contribution in [3.63, 3.8) is 0 Å². The first-order valence-electron chi connectivity index (χ1n) is 12.0. The molecule has 0 aliphatic heterocycles. The number of carbonyl (C=O) groups excluding carboxylic acids is 2. The van der Waals surface area contributed by atoms with E-state index in [1.807, 2.05) is 30.3 Å². The van der Waals surface area contributed by atoms with E-state index in [-0.39, 0.29) is 11.8 Å². The highest BCUT2D eigenvalue weighted by Gasteiger charge is 2.26. The van der Waals surface area contributed by atoms with E-state index in [1.165, 1.54) is 10.4 Å². The van der Waals surface area contributed by atoms with Crippen LogP contribution in [0.5, 0.6) is 5.75 Å². The van der Waals surface area contributed by atoms with E-state index in [1.54, 1.807) is 23.5 Å². The predicted octanol–water partition coefficient (Wildman–Crippen LogP) is 5.89. The summed E-state index contributed by atoms with van der Waals surface area (Å²) in [5.74, 6) is 0.857. The van der Waals surface area contributed by atoms with Crippen molar-refractivity contribution in [1.82, 2.24) is 5.32 Å². The van der Waals surface area contributed by atoms with E-state index in [2.05, 4.69) is 36.6 Å². The lowest BCUT2D eigenvalue weighted by molar-refractivity contribution is 0.0954. The second-order valence-electron chi connectivity index (χ2n) is 9.09. The van der Waals surface area contributed by atoms with Crippen LogP contribution in [-0.2, 0) is 19.3 Å². The van der Waals surface area contributed by atoms with Gasteiger partial charge in [0.05, 0.1) is 12.2 Å². The number of carbonyl (C=O) groups is 2. The molecule has 2 N–H and O–H groups in total. The molecule has 2 amide bonds. The van der Waals surface area contributed by atoms with Crippen molar-refractivity contribution in [2.75, 3.05) is 18.5 Å². The Kier molecular flexibility index (Phi) is 8.01. The zero-order chi connectivity index (χ0) is 23.9. The van der Waals surface area contributed by atoms with Crippen LogP contribution in [0.25, 0.3) is 0 Å². The number of thiophene rings is 1. The molecule has 0 unspecified atom stereocenters. The molecular weight excluding hydrogens is 444 g/mol. The van der Waals surface area contributed by atoms with Crippen LogP contribution in [0.4, 0.5) is 5.00 Å². The van der Waals surface area contributed by atoms with Gasteiger partial charge in [0.1, 0.15) is 10.8 Å². The van der Waals surface area contributed by atoms with Crippen LogP contribution in [0.2, 0.25) is 0 Å². The monoisotopic (exact) mass is 476 g/mol. The molecule has 3 aromatic rings. The first-order valence-corrected chi connectivity index (χ1v) is 12.8. The number of nitrogens with one attached hydrogen (secondary N) is 2. The van der Waals surface area contributed by atoms with Gasteiger partial charge in [-0.05, 0) is 73.4 Å². The molecule has 0 fully saturated rings. The van der Waals surface area contributed by atoms with E-state index in [0.29, 0.717) is 35.2 Å². The van der Waals surface area contributed by atoms with Crippen molar-refractivity contribution in [2.24, 2.45) is 5.92 Å². The van der Waals surface area contributed by atoms with Gasteiger partial charge in [-0.3, -0.25) is 9.59 Å². The second kappa shape index (κ2) is 11.3. The average molecular weight is 477 g/mol. The van der Waals surface area contributed by atoms with E-state index < -0.39 is 0 Å². The minimum Gasteiger partial charge on any atom is -0.493 e. The van der Waals surface area contributed by atoms with E-state index in [0.717, 1.165) is 43.4 Å². The molecule has 0 spiro atoms. The zero-order valence-electron chi connectivity index (χ0n) is 19.9. The zero-order valence-corrected chi connectivity index (χ0v) is 20.7. The molecule has 178 valence electrons. The normalized spacial score (nSPS) is 12.8. The average Bonchev–Trinajstić information content (AvgIpc) is 3.21. The van der Waals surface area contributed by atoms with E-state index in [9.17, 15) is 9.59 Å². The minimum atomic E-state index is -0.215. The van der Waals surface area contributed by atoms with Crippen molar-refractivity contribution in [3.8, 4) is 5.75 Å². The Morgan fingerprint density at radius 2 is 1.71 bits per heavy atom. The number of amides is 2. The topological polar surface area (TPSA) is 67.4 Å². The van der Waals surface area contributed by atoms with Crippen LogP contribution >= 0.6 is 11.3 Å². The van der Waals surface area contributed by atoms with Crippen molar-refractivity contribution in [2.45, 2.75) is 46.0 Å². The molecule has 4 rings (SSSR count). The third-order valence-electron chi connectivity index (χ3n) is 5.87. The highest BCUT2D eigenvalue weighted by molar-refractivity contribution is 7.17. The molecule has 1 aliphatic rings. The lowest BCUT2D eigenvalue weighted by Crippen LogP contribution is -2.27. The van der Waals surface area contributed by atoms with Crippen molar-refractivity contribution < 1.29 is 14.3 Å². The van der Waals surface area contributed by atoms with Gasteiger partial charge in [-0.2, -0.15) is 0 Å². The van der Waals surface area contributed by atoms with Crippen molar-refractivity contribution in [3.05, 3.63) is 81.7 Å². The van der Waals surface area contributed by atoms with Crippen LogP contribution in [0.3, 0.4) is 0 Å². The van der Waals surface area contributed by atoms with Crippen LogP contribution in [0, 0.1) is 5.92 Å². The molecular formula is C28H32N2O3S. The molecule has 34 heavy (non-hydrogen) atoms. The fraction of sp³-hybridized carbons (Fsp3) is 0.357. The lowest BCUT2D eigenvalue weighted by atomic mass is 9.95. The highest BCUT2D eigenvalue weighted by atomic mass is 32.1. The summed E-state index contributed by atoms with van der Waals surface area (Å²) >= 11 is 1.54. The summed E-state index contributed by atoms with van der Waals surface area (Å²) in [4.78, 5) is 27.4. The molecule has 0 saturated heterocycles. The highest BCUT2D eigenvalue weighted by Crippen LogP contribution is 2.38. The van der Waals surface area contributed by atoms with Gasteiger partial charge in [0.25, 0.3) is 11.8 Å². The Morgan fingerprint density at radius 3 is 2.44 bits per heavy atom. The van der Waals surface area contributed by atoms with E-state index >= 15 is 0 Å². The quantitative estimate of drug-likeness (QED) is 0.405. The first kappa shape index (κ1) is 24.0. The third-order valence-corrected chi connectivity index (χ3v) is 7.07. The summed E-state index contributed by atoms with van der Waals surface area (Å²) < 4.78 is 5.71. The fourth-order valence-electron chi connectivity index (χ4n) is 4.09. The number of hydrogen-bond acceptors (Lipinski definition) is 4. The number of rotatable bonds is 9. The van der Waals surface area contributed by atoms with Gasteiger partial charge in [-0.15, -0.1) is 11.3 Å². The summed E-state index contributed by atoms with van der Waals surface area (Å²) in [7, 11) is 0. The van der Waals surface area contributed by atoms with Crippen LogP contribution in [0.1, 0.15) is 63.4 Å². The smallest absolute Gasteiger partial charge is 0.256 e. The Bertz CT molecular complexity index is 1120. The summed E-state index contributed by atoms with van der Waals surface area (Å²) in [5.41, 5.74) is 3.46. The molecule has 5 nitrogen and oxygen atoms in total. The molecule has 6 heteroatoms. The third kappa shape index (κ3) is 6.06. The Labute approximate surface area is 205 Å². The number of hydrogen-bond donors (Lipinski definition) is 2. The first-order chi connectivity index (χ1) is 16.5. The molecule has 1 aromatic heterocycles. The van der Waals surface area contributed by atoms with Crippen LogP contribution < -0.4 is 15.4 Å². The van der Waals surface area contributed by atoms with Gasteiger partial charge in [0.15, 0.2) is 0 Å². The fourth-order valence-corrected chi connectivity index (χ4v) is 5.37. The molecule has 2 aromatic carbocycles. The van der Waals surface area contributed by atoms with E-state index in [4.69, 9.17) is 4.74 Å². The number of anilines is 1. The maximum absolute atomic E-state index is 13.2. The number of fused-ring (bicyclic) bond motifs is 1. The van der Waals surface area contributed by atoms with Gasteiger partial charge in [0, 0.05) is 17.0 Å². The summed E-state index contributed by atoms with van der Waals surface area (Å²) in [6, 6.07) is 17.3. The molecule has 0 saturated carbocycles. The van der Waals surface area contributed by atoms with Gasteiger partial charge < -0.3 is 15.4 Å². The van der Waals surface area contributed by atoms with Gasteiger partial charge in [-0.1, -0.05) is 44.2 Å². The van der Waals surface area contributed by atoms with Crippen molar-refractivity contribution >= 4 is 28.2 Å². The van der Waals surface area contributed by atoms with Gasteiger partial charge in [-0.25, -0.2) is 0 Å². The van der Waals surface area contributed by atoms with Crippen LogP contribution in [-0.4, -0.2) is 25.0 Å². The largest absolute Gasteiger partial charge is 0.493 e. The Morgan fingerprint density at radius 1 is 0.971 bits per heavy atom. The SMILES string of the molecule is CC(C)COc1ccc(C(=O)Nc2sc3c(c2C(=O)NCCc2ccccc2)CCCC3)cc1. The maximum atomic E-state index is 13.2. The molecule has 1 aliphatic carbocycles. The van der Waals surface area contributed by atoms with Crippen molar-refractivity contribution in [1.29, 1.82) is 0 Å². The predicted molar refractivity (Wildman–Crippen MR) is 138 cm³/mol. The number of ether oxygens (including phenoxy) is 1. The van der Waals surface area contributed by atoms with Gasteiger partial charge in [0.2, 0.25) is 0 Å². The Balaban J connectivity index is 1.46. The molecule has 0 bridgehead atoms. The summed E-state index contributed by atoms with van der Waals surface area (Å²) in [6.07, 6.45) is 4.80. The number of benzene rings is 2. The standard InChI is InChI=1S/C28H32N2O3S/c1-19(2)18-33-22-14-12-21(13-15-22)26(31)30-28-25(23-10-6-7-11-24(23)34-28)27(32)29-17-16-20-8-4-3-5-9-20/h3-5,8-9,12-15,19H,6-7,10-11,16-18H2,1-2H3,(H,29,32)(H,30,31). The van der Waals surface area contributed by atoms with Crippen LogP contribution in [0.15, 0.2) is 54.6 Å². The maximum Gasteiger partial charge on any atom is 0.256 e. The number of aryl methyl sites for hydroxylation is 1. The van der Waals surface area contributed by atoms with Gasteiger partial charge >= 0.3 is 0 Å². The molecule has 1 heterocycles. The molecule has 0 atom stereocenters. The summed E-state index contributed by atoms with van der Waals surface area (Å²) in [5, 5.41) is 6.74. The molecule has 0 radical (unpaired) electrons. The minimum absolute atomic E-state index is 0.108. The lowest BCUT2D eigenvalue weighted by Gasteiger charge is -2.13. The Hall–Kier alpha value is -3.12. The summed E-state index contributed by atoms with van der Waals surface area (Å²) in [6.45, 7) is 5.38. The second-order valence-corrected chi connectivity index (χ2v) is 10.2.